The molecule has 0 aromatic heterocycles. The summed E-state index contributed by atoms with van der Waals surface area (Å²) in [5.74, 6) is 0.483. The molecule has 4 heteroatoms. The van der Waals surface area contributed by atoms with Crippen molar-refractivity contribution in [3.05, 3.63) is 24.3 Å². The normalized spacial score (nSPS) is 23.4. The molecule has 0 radical (unpaired) electrons. The fourth-order valence-corrected chi connectivity index (χ4v) is 2.44. The highest BCUT2D eigenvalue weighted by Crippen LogP contribution is 2.28. The van der Waals surface area contributed by atoms with E-state index in [-0.39, 0.29) is 22.0 Å². The monoisotopic (exact) mass is 272 g/mol. The molecule has 1 aliphatic carbocycles. The first-order chi connectivity index (χ1) is 6.66. The first kappa shape index (κ1) is 12.7. The van der Waals surface area contributed by atoms with Crippen molar-refractivity contribution >= 4 is 46.4 Å². The second-order valence-corrected chi connectivity index (χ2v) is 5.11. The van der Waals surface area contributed by atoms with E-state index in [1.54, 1.807) is 0 Å². The molecule has 0 aromatic carbocycles. The maximum absolute atomic E-state index is 6.21. The smallest absolute Gasteiger partial charge is 0.0683 e. The van der Waals surface area contributed by atoms with Crippen molar-refractivity contribution in [2.75, 3.05) is 5.88 Å². The Labute approximate surface area is 105 Å². The van der Waals surface area contributed by atoms with Gasteiger partial charge >= 0.3 is 0 Å². The van der Waals surface area contributed by atoms with Crippen molar-refractivity contribution in [1.82, 2.24) is 0 Å². The van der Waals surface area contributed by atoms with Crippen LogP contribution in [0, 0.1) is 5.92 Å². The Morgan fingerprint density at radius 3 is 2.21 bits per heavy atom. The van der Waals surface area contributed by atoms with Crippen LogP contribution in [-0.2, 0) is 0 Å². The highest BCUT2D eigenvalue weighted by molar-refractivity contribution is 6.37. The van der Waals surface area contributed by atoms with E-state index in [1.165, 1.54) is 0 Å². The molecule has 14 heavy (non-hydrogen) atoms. The highest BCUT2D eigenvalue weighted by atomic mass is 35.5. The van der Waals surface area contributed by atoms with E-state index in [0.29, 0.717) is 5.88 Å². The van der Waals surface area contributed by atoms with Crippen LogP contribution in [0.15, 0.2) is 24.3 Å². The van der Waals surface area contributed by atoms with Crippen LogP contribution in [0.25, 0.3) is 0 Å². The first-order valence-corrected chi connectivity index (χ1v) is 6.32. The molecular weight excluding hydrogens is 262 g/mol. The minimum atomic E-state index is -0.312. The maximum atomic E-state index is 6.21. The summed E-state index contributed by atoms with van der Waals surface area (Å²) in [6.07, 6.45) is 9.24. The van der Waals surface area contributed by atoms with Gasteiger partial charge in [0.2, 0.25) is 0 Å². The molecule has 3 unspecified atom stereocenters. The van der Waals surface area contributed by atoms with E-state index in [9.17, 15) is 0 Å². The lowest BCUT2D eigenvalue weighted by molar-refractivity contribution is 0.660. The average molecular weight is 274 g/mol. The SMILES string of the molecule is ClCC(Cl)C(Cl)C(Cl)C1C=CCC=C1. The molecule has 1 aliphatic rings. The summed E-state index contributed by atoms with van der Waals surface area (Å²) in [5, 5.41) is -0.802. The molecule has 0 heterocycles. The third-order valence-corrected chi connectivity index (χ3v) is 4.47. The molecule has 0 amide bonds. The summed E-state index contributed by atoms with van der Waals surface area (Å²) in [4.78, 5) is 0. The predicted molar refractivity (Wildman–Crippen MR) is 66.0 cm³/mol. The zero-order valence-electron chi connectivity index (χ0n) is 7.54. The molecule has 0 N–H and O–H groups in total. The van der Waals surface area contributed by atoms with E-state index in [0.717, 1.165) is 6.42 Å². The number of hydrogen-bond donors (Lipinski definition) is 0. The molecule has 80 valence electrons. The zero-order valence-corrected chi connectivity index (χ0v) is 10.6. The molecule has 0 saturated heterocycles. The number of alkyl halides is 4. The fourth-order valence-electron chi connectivity index (χ4n) is 1.32. The maximum Gasteiger partial charge on any atom is 0.0683 e. The molecule has 0 spiro atoms. The van der Waals surface area contributed by atoms with Gasteiger partial charge in [0.25, 0.3) is 0 Å². The Kier molecular flexibility index (Phi) is 5.69. The van der Waals surface area contributed by atoms with Crippen LogP contribution in [0.5, 0.6) is 0 Å². The molecule has 3 atom stereocenters. The summed E-state index contributed by atoms with van der Waals surface area (Å²) < 4.78 is 0. The van der Waals surface area contributed by atoms with Gasteiger partial charge in [-0.25, -0.2) is 0 Å². The van der Waals surface area contributed by atoms with E-state index in [4.69, 9.17) is 46.4 Å². The summed E-state index contributed by atoms with van der Waals surface area (Å²) >= 11 is 23.9. The van der Waals surface area contributed by atoms with Gasteiger partial charge in [-0.15, -0.1) is 46.4 Å². The average Bonchev–Trinajstić information content (AvgIpc) is 2.27. The standard InChI is InChI=1S/C10H12Cl4/c11-6-8(12)10(14)9(13)7-4-2-1-3-5-7/h2-5,7-10H,1,6H2. The zero-order chi connectivity index (χ0) is 10.6. The van der Waals surface area contributed by atoms with Crippen LogP contribution in [0.4, 0.5) is 0 Å². The Hall–Kier alpha value is 0.640. The van der Waals surface area contributed by atoms with Crippen molar-refractivity contribution in [3.63, 3.8) is 0 Å². The van der Waals surface area contributed by atoms with Gasteiger partial charge in [0.15, 0.2) is 0 Å². The van der Waals surface area contributed by atoms with Gasteiger partial charge in [-0.3, -0.25) is 0 Å². The lowest BCUT2D eigenvalue weighted by Gasteiger charge is -2.24. The summed E-state index contributed by atoms with van der Waals surface area (Å²) in [5.41, 5.74) is 0. The van der Waals surface area contributed by atoms with Gasteiger partial charge in [0.1, 0.15) is 0 Å². The van der Waals surface area contributed by atoms with E-state index in [2.05, 4.69) is 24.3 Å². The Bertz CT molecular complexity index is 212. The lowest BCUT2D eigenvalue weighted by atomic mass is 9.96. The van der Waals surface area contributed by atoms with E-state index < -0.39 is 0 Å². The van der Waals surface area contributed by atoms with Crippen molar-refractivity contribution in [2.45, 2.75) is 22.6 Å². The van der Waals surface area contributed by atoms with Crippen molar-refractivity contribution in [1.29, 1.82) is 0 Å². The van der Waals surface area contributed by atoms with Crippen LogP contribution in [0.2, 0.25) is 0 Å². The van der Waals surface area contributed by atoms with Crippen LogP contribution in [-0.4, -0.2) is 22.0 Å². The predicted octanol–water partition coefficient (Wildman–Crippen LogP) is 4.18. The van der Waals surface area contributed by atoms with Crippen molar-refractivity contribution in [3.8, 4) is 0 Å². The van der Waals surface area contributed by atoms with Gasteiger partial charge in [0, 0.05) is 11.8 Å². The van der Waals surface area contributed by atoms with Crippen LogP contribution in [0.1, 0.15) is 6.42 Å². The molecule has 0 aliphatic heterocycles. The second-order valence-electron chi connectivity index (χ2n) is 3.23. The summed E-state index contributed by atoms with van der Waals surface area (Å²) in [7, 11) is 0. The lowest BCUT2D eigenvalue weighted by Crippen LogP contribution is -2.31. The molecule has 0 fully saturated rings. The number of rotatable bonds is 4. The first-order valence-electron chi connectivity index (χ1n) is 4.48. The number of allylic oxidation sites excluding steroid dienone is 4. The molecule has 0 aromatic rings. The molecule has 0 nitrogen and oxygen atoms in total. The number of halogens is 4. The Morgan fingerprint density at radius 1 is 1.14 bits per heavy atom. The largest absolute Gasteiger partial charge is 0.125 e. The molecular formula is C10H12Cl4. The van der Waals surface area contributed by atoms with Crippen LogP contribution in [0.3, 0.4) is 0 Å². The van der Waals surface area contributed by atoms with Crippen molar-refractivity contribution < 1.29 is 0 Å². The number of hydrogen-bond acceptors (Lipinski definition) is 0. The third-order valence-electron chi connectivity index (χ3n) is 2.15. The van der Waals surface area contributed by atoms with Gasteiger partial charge in [-0.2, -0.15) is 0 Å². The third kappa shape index (κ3) is 3.34. The van der Waals surface area contributed by atoms with Gasteiger partial charge in [0.05, 0.1) is 16.1 Å². The van der Waals surface area contributed by atoms with Crippen molar-refractivity contribution in [2.24, 2.45) is 5.92 Å². The topological polar surface area (TPSA) is 0 Å². The van der Waals surface area contributed by atoms with Crippen LogP contribution < -0.4 is 0 Å². The highest BCUT2D eigenvalue weighted by Gasteiger charge is 2.28. The Morgan fingerprint density at radius 2 is 1.71 bits per heavy atom. The van der Waals surface area contributed by atoms with Crippen LogP contribution >= 0.6 is 46.4 Å². The molecule has 1 rings (SSSR count). The quantitative estimate of drug-likeness (QED) is 0.533. The van der Waals surface area contributed by atoms with Gasteiger partial charge < -0.3 is 0 Å². The molecule has 0 saturated carbocycles. The Balaban J connectivity index is 2.54. The summed E-state index contributed by atoms with van der Waals surface area (Å²) in [6.45, 7) is 0. The van der Waals surface area contributed by atoms with E-state index >= 15 is 0 Å². The fraction of sp³-hybridized carbons (Fsp3) is 0.600. The van der Waals surface area contributed by atoms with Gasteiger partial charge in [-0.05, 0) is 6.42 Å². The second kappa shape index (κ2) is 6.27. The van der Waals surface area contributed by atoms with E-state index in [1.807, 2.05) is 0 Å². The minimum Gasteiger partial charge on any atom is -0.125 e. The van der Waals surface area contributed by atoms with Gasteiger partial charge in [-0.1, -0.05) is 24.3 Å². The molecule has 0 bridgehead atoms. The minimum absolute atomic E-state index is 0.164. The summed E-state index contributed by atoms with van der Waals surface area (Å²) in [6, 6.07) is 0.